The van der Waals surface area contributed by atoms with E-state index in [4.69, 9.17) is 15.9 Å². The standard InChI is InChI=1S/C26H41N7O12S2/c1-12(35)28-13(5-7-47-2)21(39)30-15(9-20(37)38)25(43)33-6-3-4-18(33)24(42)29-14(8-19(27)36)22(40)32-17(11-46)23(41)31-16(10-34)26(44)45/h13-18,34,46H,3-11H2,1-2H3,(H2,27,36)(H,28,35)(H,29,42)(H,30,39)(H,31,41)(H,32,40)(H,37,38)(H,44,45)/t13-,14-,15-,16-,17-,18-/m0/s1. The highest BCUT2D eigenvalue weighted by Crippen LogP contribution is 2.20. The number of carbonyl (C=O) groups is 9. The van der Waals surface area contributed by atoms with Crippen LogP contribution in [0.5, 0.6) is 0 Å². The SMILES string of the molecule is CSCC[C@H](NC(C)=O)C(=O)N[C@@H](CC(=O)O)C(=O)N1CCC[C@H]1C(=O)N[C@@H](CC(N)=O)C(=O)N[C@@H](CS)C(=O)N[C@@H](CO)C(=O)O. The van der Waals surface area contributed by atoms with E-state index in [0.29, 0.717) is 5.75 Å². The van der Waals surface area contributed by atoms with Gasteiger partial charge in [-0.25, -0.2) is 4.79 Å². The van der Waals surface area contributed by atoms with Gasteiger partial charge in [-0.1, -0.05) is 0 Å². The van der Waals surface area contributed by atoms with Gasteiger partial charge >= 0.3 is 11.9 Å². The molecule has 21 heteroatoms. The molecule has 0 aromatic carbocycles. The Hall–Kier alpha value is -4.11. The Kier molecular flexibility index (Phi) is 17.6. The molecule has 0 aromatic rings. The zero-order valence-electron chi connectivity index (χ0n) is 25.7. The largest absolute Gasteiger partial charge is 0.481 e. The summed E-state index contributed by atoms with van der Waals surface area (Å²) in [5.41, 5.74) is 5.25. The summed E-state index contributed by atoms with van der Waals surface area (Å²) >= 11 is 5.35. The summed E-state index contributed by atoms with van der Waals surface area (Å²) in [6.07, 6.45) is 0.730. The normalized spacial score (nSPS) is 17.2. The van der Waals surface area contributed by atoms with Gasteiger partial charge in [-0.2, -0.15) is 24.4 Å². The molecule has 19 nitrogen and oxygen atoms in total. The van der Waals surface area contributed by atoms with Gasteiger partial charge in [0.15, 0.2) is 0 Å². The lowest BCUT2D eigenvalue weighted by molar-refractivity contribution is -0.146. The van der Waals surface area contributed by atoms with Gasteiger partial charge in [-0.3, -0.25) is 38.4 Å². The third-order valence-electron chi connectivity index (χ3n) is 6.79. The summed E-state index contributed by atoms with van der Waals surface area (Å²) < 4.78 is 0. The maximum Gasteiger partial charge on any atom is 0.328 e. The Bertz CT molecular complexity index is 1210. The fourth-order valence-corrected chi connectivity index (χ4v) is 5.23. The highest BCUT2D eigenvalue weighted by Gasteiger charge is 2.40. The Morgan fingerprint density at radius 2 is 1.43 bits per heavy atom. The molecule has 0 aromatic heterocycles. The van der Waals surface area contributed by atoms with Crippen molar-refractivity contribution in [2.45, 2.75) is 75.3 Å². The number of carbonyl (C=O) groups excluding carboxylic acids is 7. The number of hydrogen-bond donors (Lipinski definition) is 10. The average molecular weight is 708 g/mol. The van der Waals surface area contributed by atoms with Gasteiger partial charge in [0.25, 0.3) is 0 Å². The van der Waals surface area contributed by atoms with Crippen LogP contribution in [0.4, 0.5) is 0 Å². The van der Waals surface area contributed by atoms with Crippen LogP contribution in [0.2, 0.25) is 0 Å². The molecule has 1 rings (SSSR count). The number of nitrogens with one attached hydrogen (secondary N) is 5. The maximum absolute atomic E-state index is 13.5. The molecule has 10 N–H and O–H groups in total. The van der Waals surface area contributed by atoms with E-state index in [-0.39, 0.29) is 31.6 Å². The molecular weight excluding hydrogens is 666 g/mol. The van der Waals surface area contributed by atoms with Crippen molar-refractivity contribution in [1.29, 1.82) is 0 Å². The van der Waals surface area contributed by atoms with Gasteiger partial charge in [0.05, 0.1) is 19.4 Å². The highest BCUT2D eigenvalue weighted by molar-refractivity contribution is 7.98. The third-order valence-corrected chi connectivity index (χ3v) is 7.80. The highest BCUT2D eigenvalue weighted by atomic mass is 32.2. The van der Waals surface area contributed by atoms with Gasteiger partial charge in [0, 0.05) is 19.2 Å². The van der Waals surface area contributed by atoms with Crippen LogP contribution in [0, 0.1) is 0 Å². The summed E-state index contributed by atoms with van der Waals surface area (Å²) in [7, 11) is 0. The Morgan fingerprint density at radius 3 is 1.94 bits per heavy atom. The predicted octanol–water partition coefficient (Wildman–Crippen LogP) is -4.47. The molecule has 1 fully saturated rings. The summed E-state index contributed by atoms with van der Waals surface area (Å²) in [6.45, 7) is 0.225. The number of nitrogens with zero attached hydrogens (tertiary/aromatic N) is 1. The molecule has 0 radical (unpaired) electrons. The van der Waals surface area contributed by atoms with Crippen molar-refractivity contribution in [1.82, 2.24) is 31.5 Å². The lowest BCUT2D eigenvalue weighted by Crippen LogP contribution is -2.60. The lowest BCUT2D eigenvalue weighted by atomic mass is 10.1. The van der Waals surface area contributed by atoms with Crippen LogP contribution >= 0.6 is 24.4 Å². The number of rotatable bonds is 20. The first-order chi connectivity index (χ1) is 22.1. The lowest BCUT2D eigenvalue weighted by Gasteiger charge is -2.30. The minimum absolute atomic E-state index is 0.0192. The summed E-state index contributed by atoms with van der Waals surface area (Å²) in [4.78, 5) is 112. The van der Waals surface area contributed by atoms with Gasteiger partial charge in [-0.05, 0) is 31.3 Å². The summed E-state index contributed by atoms with van der Waals surface area (Å²) in [6, 6.07) is -8.75. The number of aliphatic hydroxyl groups is 1. The average Bonchev–Trinajstić information content (AvgIpc) is 3.48. The Labute approximate surface area is 279 Å². The number of aliphatic carboxylic acids is 2. The van der Waals surface area contributed by atoms with Crippen LogP contribution in [0.25, 0.3) is 0 Å². The second kappa shape index (κ2) is 20.2. The number of thiol groups is 1. The van der Waals surface area contributed by atoms with Gasteiger partial charge in [0.2, 0.25) is 41.4 Å². The minimum atomic E-state index is -1.69. The molecule has 1 aliphatic heterocycles. The molecule has 1 saturated heterocycles. The first kappa shape index (κ1) is 40.9. The number of likely N-dealkylation sites (tertiary alicyclic amines) is 1. The monoisotopic (exact) mass is 707 g/mol. The smallest absolute Gasteiger partial charge is 0.328 e. The molecule has 0 aliphatic carbocycles. The first-order valence-corrected chi connectivity index (χ1v) is 16.3. The molecular formula is C26H41N7O12S2. The molecule has 47 heavy (non-hydrogen) atoms. The zero-order valence-corrected chi connectivity index (χ0v) is 27.4. The number of amides is 7. The van der Waals surface area contributed by atoms with Crippen molar-refractivity contribution in [3.05, 3.63) is 0 Å². The molecule has 0 saturated carbocycles. The van der Waals surface area contributed by atoms with E-state index in [1.165, 1.54) is 18.7 Å². The number of primary amides is 1. The fraction of sp³-hybridized carbons (Fsp3) is 0.654. The number of thioether (sulfide) groups is 1. The van der Waals surface area contributed by atoms with Crippen molar-refractivity contribution < 1.29 is 58.5 Å². The zero-order chi connectivity index (χ0) is 35.8. The number of carboxylic acid groups (broad SMARTS) is 2. The molecule has 1 heterocycles. The maximum atomic E-state index is 13.5. The fourth-order valence-electron chi connectivity index (χ4n) is 4.50. The molecule has 6 atom stereocenters. The quantitative estimate of drug-likeness (QED) is 0.0535. The van der Waals surface area contributed by atoms with Crippen molar-refractivity contribution in [3.8, 4) is 0 Å². The van der Waals surface area contributed by atoms with Crippen molar-refractivity contribution >= 4 is 77.7 Å². The number of carboxylic acids is 2. The summed E-state index contributed by atoms with van der Waals surface area (Å²) in [5, 5.41) is 39.0. The van der Waals surface area contributed by atoms with E-state index >= 15 is 0 Å². The first-order valence-electron chi connectivity index (χ1n) is 14.3. The van der Waals surface area contributed by atoms with Crippen LogP contribution in [-0.4, -0.2) is 141 Å². The Balaban J connectivity index is 3.14. The van der Waals surface area contributed by atoms with E-state index in [0.717, 1.165) is 4.90 Å². The van der Waals surface area contributed by atoms with E-state index < -0.39 is 109 Å². The van der Waals surface area contributed by atoms with E-state index in [1.54, 1.807) is 6.26 Å². The predicted molar refractivity (Wildman–Crippen MR) is 168 cm³/mol. The molecule has 7 amide bonds. The molecule has 0 bridgehead atoms. The second-order valence-corrected chi connectivity index (χ2v) is 11.8. The second-order valence-electron chi connectivity index (χ2n) is 10.4. The Morgan fingerprint density at radius 1 is 0.851 bits per heavy atom. The van der Waals surface area contributed by atoms with Gasteiger partial charge < -0.3 is 52.5 Å². The number of nitrogens with two attached hydrogens (primary N) is 1. The summed E-state index contributed by atoms with van der Waals surface area (Å²) in [5.74, 6) is -9.16. The van der Waals surface area contributed by atoms with Crippen molar-refractivity contribution in [2.75, 3.05) is 30.9 Å². The van der Waals surface area contributed by atoms with Gasteiger partial charge in [-0.15, -0.1) is 0 Å². The molecule has 264 valence electrons. The molecule has 0 unspecified atom stereocenters. The van der Waals surface area contributed by atoms with Crippen LogP contribution in [0.15, 0.2) is 0 Å². The third kappa shape index (κ3) is 13.6. The van der Waals surface area contributed by atoms with E-state index in [9.17, 15) is 48.3 Å². The number of hydrogen-bond acceptors (Lipinski definition) is 12. The van der Waals surface area contributed by atoms with E-state index in [1.807, 2.05) is 5.32 Å². The van der Waals surface area contributed by atoms with Crippen molar-refractivity contribution in [2.24, 2.45) is 5.73 Å². The van der Waals surface area contributed by atoms with Gasteiger partial charge in [0.1, 0.15) is 36.3 Å². The van der Waals surface area contributed by atoms with Crippen LogP contribution in [0.3, 0.4) is 0 Å². The van der Waals surface area contributed by atoms with Crippen LogP contribution < -0.4 is 32.3 Å². The van der Waals surface area contributed by atoms with Crippen LogP contribution in [-0.2, 0) is 43.2 Å². The van der Waals surface area contributed by atoms with Crippen molar-refractivity contribution in [3.63, 3.8) is 0 Å². The van der Waals surface area contributed by atoms with E-state index in [2.05, 4.69) is 33.9 Å². The van der Waals surface area contributed by atoms with Crippen LogP contribution in [0.1, 0.15) is 39.0 Å². The molecule has 1 aliphatic rings. The number of aliphatic hydroxyl groups excluding tert-OH is 1. The topological polar surface area (TPSA) is 304 Å². The molecule has 0 spiro atoms. The minimum Gasteiger partial charge on any atom is -0.481 e.